The van der Waals surface area contributed by atoms with Gasteiger partial charge in [-0.25, -0.2) is 0 Å². The normalized spacial score (nSPS) is 16.0. The summed E-state index contributed by atoms with van der Waals surface area (Å²) in [6.45, 7) is 2.07. The molecule has 0 heterocycles. The van der Waals surface area contributed by atoms with Crippen LogP contribution >= 0.6 is 0 Å². The Balaban J connectivity index is 4.71. The summed E-state index contributed by atoms with van der Waals surface area (Å²) in [6, 6.07) is -2.86. The van der Waals surface area contributed by atoms with Crippen molar-refractivity contribution in [3.63, 3.8) is 0 Å². The summed E-state index contributed by atoms with van der Waals surface area (Å²) in [5.41, 5.74) is 0. The van der Waals surface area contributed by atoms with Crippen molar-refractivity contribution in [2.24, 2.45) is 0 Å². The van der Waals surface area contributed by atoms with Crippen LogP contribution in [0.1, 0.15) is 71.1 Å². The standard InChI is InChI=1S/C20H33N2O7/c1-2-3-4-5-7-10-13-17(21(26)27)20(25)16-18(22(28)29)19(24)14-11-8-6-9-12-15-23/h7-8,10-11,17-20,24-25H,2-6,9,12-14,16H2,1H3/b10-7-,11-8-. The molecule has 9 nitrogen and oxygen atoms in total. The van der Waals surface area contributed by atoms with Gasteiger partial charge in [-0.2, -0.15) is 0 Å². The number of hydrogen-bond donors (Lipinski definition) is 2. The maximum absolute atomic E-state index is 11.3. The second kappa shape index (κ2) is 16.8. The molecule has 0 spiro atoms. The summed E-state index contributed by atoms with van der Waals surface area (Å²) < 4.78 is 0. The summed E-state index contributed by atoms with van der Waals surface area (Å²) in [4.78, 5) is 31.3. The van der Waals surface area contributed by atoms with E-state index in [1.807, 2.05) is 6.08 Å². The van der Waals surface area contributed by atoms with Crippen molar-refractivity contribution >= 4 is 6.29 Å². The van der Waals surface area contributed by atoms with Crippen LogP contribution in [0.15, 0.2) is 24.3 Å². The number of aliphatic hydroxyl groups is 2. The van der Waals surface area contributed by atoms with E-state index in [1.165, 1.54) is 0 Å². The van der Waals surface area contributed by atoms with E-state index in [1.54, 1.807) is 24.5 Å². The van der Waals surface area contributed by atoms with Gasteiger partial charge in [-0.15, -0.1) is 0 Å². The van der Waals surface area contributed by atoms with Crippen LogP contribution in [0, 0.1) is 20.2 Å². The Hall–Kier alpha value is -2.13. The van der Waals surface area contributed by atoms with Crippen LogP contribution in [0.3, 0.4) is 0 Å². The third-order valence-corrected chi connectivity index (χ3v) is 4.63. The van der Waals surface area contributed by atoms with Crippen molar-refractivity contribution in [3.05, 3.63) is 44.5 Å². The molecule has 0 aromatic carbocycles. The number of rotatable bonds is 18. The van der Waals surface area contributed by atoms with Crippen molar-refractivity contribution in [1.82, 2.24) is 0 Å². The lowest BCUT2D eigenvalue weighted by Crippen LogP contribution is -2.42. The van der Waals surface area contributed by atoms with Crippen LogP contribution in [0.2, 0.25) is 0 Å². The molecule has 0 rings (SSSR count). The Morgan fingerprint density at radius 3 is 2.00 bits per heavy atom. The van der Waals surface area contributed by atoms with Crippen LogP contribution in [0.5, 0.6) is 0 Å². The van der Waals surface area contributed by atoms with Gasteiger partial charge >= 0.3 is 0 Å². The summed E-state index contributed by atoms with van der Waals surface area (Å²) in [6.07, 6.45) is 10.4. The first-order valence-electron chi connectivity index (χ1n) is 10.1. The molecule has 4 unspecified atom stereocenters. The molecule has 29 heavy (non-hydrogen) atoms. The van der Waals surface area contributed by atoms with E-state index < -0.39 is 40.6 Å². The summed E-state index contributed by atoms with van der Waals surface area (Å²) in [5.74, 6) is 0. The van der Waals surface area contributed by atoms with Crippen molar-refractivity contribution in [2.45, 2.75) is 95.4 Å². The Labute approximate surface area is 171 Å². The third kappa shape index (κ3) is 12.8. The quantitative estimate of drug-likeness (QED) is 0.152. The van der Waals surface area contributed by atoms with Crippen molar-refractivity contribution in [2.75, 3.05) is 0 Å². The van der Waals surface area contributed by atoms with E-state index in [0.717, 1.165) is 25.7 Å². The van der Waals surface area contributed by atoms with Gasteiger partial charge in [-0.05, 0) is 32.1 Å². The maximum Gasteiger partial charge on any atom is 0.242 e. The lowest BCUT2D eigenvalue weighted by Gasteiger charge is -2.20. The van der Waals surface area contributed by atoms with Crippen LogP contribution in [0.4, 0.5) is 0 Å². The van der Waals surface area contributed by atoms with E-state index in [-0.39, 0.29) is 12.8 Å². The zero-order valence-electron chi connectivity index (χ0n) is 17.0. The first kappa shape index (κ1) is 26.9. The lowest BCUT2D eigenvalue weighted by atomic mass is 9.96. The molecule has 0 bridgehead atoms. The second-order valence-corrected chi connectivity index (χ2v) is 7.02. The molecular weight excluding hydrogens is 380 g/mol. The monoisotopic (exact) mass is 413 g/mol. The molecule has 0 fully saturated rings. The van der Waals surface area contributed by atoms with E-state index in [4.69, 9.17) is 0 Å². The number of unbranched alkanes of at least 4 members (excludes halogenated alkanes) is 5. The fraction of sp³-hybridized carbons (Fsp3) is 0.750. The van der Waals surface area contributed by atoms with Crippen LogP contribution < -0.4 is 0 Å². The highest BCUT2D eigenvalue weighted by molar-refractivity contribution is 5.50. The number of allylic oxidation sites excluding steroid dienone is 2. The zero-order valence-corrected chi connectivity index (χ0v) is 17.0. The molecule has 0 aromatic rings. The predicted octanol–water partition coefficient (Wildman–Crippen LogP) is 3.14. The minimum atomic E-state index is -1.54. The zero-order chi connectivity index (χ0) is 22.1. The van der Waals surface area contributed by atoms with Crippen molar-refractivity contribution in [3.8, 4) is 0 Å². The molecule has 0 aromatic heterocycles. The van der Waals surface area contributed by atoms with Gasteiger partial charge in [-0.1, -0.05) is 44.1 Å². The highest BCUT2D eigenvalue weighted by atomic mass is 16.6. The van der Waals surface area contributed by atoms with Gasteiger partial charge in [0.25, 0.3) is 0 Å². The lowest BCUT2D eigenvalue weighted by molar-refractivity contribution is -0.553. The van der Waals surface area contributed by atoms with Gasteiger partial charge in [0.15, 0.2) is 6.29 Å². The Morgan fingerprint density at radius 2 is 1.45 bits per heavy atom. The minimum Gasteiger partial charge on any atom is -0.386 e. The highest BCUT2D eigenvalue weighted by Gasteiger charge is 2.38. The Morgan fingerprint density at radius 1 is 0.862 bits per heavy atom. The summed E-state index contributed by atoms with van der Waals surface area (Å²) in [7, 11) is 0. The van der Waals surface area contributed by atoms with E-state index >= 15 is 0 Å². The van der Waals surface area contributed by atoms with Crippen LogP contribution in [-0.4, -0.2) is 50.6 Å². The molecule has 0 aliphatic heterocycles. The van der Waals surface area contributed by atoms with Gasteiger partial charge in [0.05, 0.1) is 6.42 Å². The molecular formula is C20H33N2O7. The SMILES string of the molecule is CCCCC/C=C\CC(C(O)CC(C(O)C/C=C\CCC[C]=O)[N+](=O)[O-])[N+](=O)[O-]. The number of hydrogen-bond acceptors (Lipinski definition) is 7. The molecule has 0 saturated carbocycles. The molecule has 0 amide bonds. The maximum atomic E-state index is 11.3. The van der Waals surface area contributed by atoms with Gasteiger partial charge in [0.2, 0.25) is 12.1 Å². The molecule has 4 atom stereocenters. The van der Waals surface area contributed by atoms with Crippen LogP contribution in [-0.2, 0) is 4.79 Å². The molecule has 2 N–H and O–H groups in total. The average Bonchev–Trinajstić information content (AvgIpc) is 2.67. The van der Waals surface area contributed by atoms with Gasteiger partial charge in [-0.3, -0.25) is 25.0 Å². The third-order valence-electron chi connectivity index (χ3n) is 4.63. The van der Waals surface area contributed by atoms with E-state index in [0.29, 0.717) is 19.3 Å². The topological polar surface area (TPSA) is 144 Å². The van der Waals surface area contributed by atoms with Gasteiger partial charge in [0, 0.05) is 22.7 Å². The molecule has 0 saturated heterocycles. The van der Waals surface area contributed by atoms with E-state index in [2.05, 4.69) is 6.92 Å². The second-order valence-electron chi connectivity index (χ2n) is 7.02. The number of carbonyl (C=O) groups excluding carboxylic acids is 1. The smallest absolute Gasteiger partial charge is 0.242 e. The molecule has 9 heteroatoms. The molecule has 0 aliphatic rings. The fourth-order valence-electron chi connectivity index (χ4n) is 2.84. The molecule has 165 valence electrons. The number of aliphatic hydroxyl groups excluding tert-OH is 2. The van der Waals surface area contributed by atoms with Gasteiger partial charge in [0.1, 0.15) is 12.2 Å². The summed E-state index contributed by atoms with van der Waals surface area (Å²) >= 11 is 0. The van der Waals surface area contributed by atoms with Crippen molar-refractivity contribution < 1.29 is 24.9 Å². The van der Waals surface area contributed by atoms with Crippen molar-refractivity contribution in [1.29, 1.82) is 0 Å². The average molecular weight is 413 g/mol. The number of nitrogens with zero attached hydrogens (tertiary/aromatic N) is 2. The minimum absolute atomic E-state index is 0.0103. The van der Waals surface area contributed by atoms with Gasteiger partial charge < -0.3 is 10.2 Å². The Bertz CT molecular complexity index is 537. The molecule has 0 aliphatic carbocycles. The highest BCUT2D eigenvalue weighted by Crippen LogP contribution is 2.17. The fourth-order valence-corrected chi connectivity index (χ4v) is 2.84. The largest absolute Gasteiger partial charge is 0.386 e. The number of nitro groups is 2. The Kier molecular flexibility index (Phi) is 15.6. The summed E-state index contributed by atoms with van der Waals surface area (Å²) in [5, 5.41) is 42.9. The first-order chi connectivity index (χ1) is 13.8. The molecule has 1 radical (unpaired) electrons. The van der Waals surface area contributed by atoms with E-state index in [9.17, 15) is 35.2 Å². The van der Waals surface area contributed by atoms with Crippen LogP contribution in [0.25, 0.3) is 0 Å². The first-order valence-corrected chi connectivity index (χ1v) is 10.1. The predicted molar refractivity (Wildman–Crippen MR) is 109 cm³/mol.